The predicted octanol–water partition coefficient (Wildman–Crippen LogP) is 1.75. The third-order valence-electron chi connectivity index (χ3n) is 3.31. The third kappa shape index (κ3) is 6.50. The second kappa shape index (κ2) is 7.84. The molecule has 0 radical (unpaired) electrons. The first-order chi connectivity index (χ1) is 12.4. The largest absolute Gasteiger partial charge is 0.573 e. The second-order valence-corrected chi connectivity index (χ2v) is 8.69. The van der Waals surface area contributed by atoms with E-state index in [-0.39, 0.29) is 22.8 Å². The van der Waals surface area contributed by atoms with Crippen LogP contribution in [0.2, 0.25) is 0 Å². The van der Waals surface area contributed by atoms with E-state index in [1.54, 1.807) is 0 Å². The molecule has 0 saturated heterocycles. The molecule has 0 amide bonds. The standard InChI is InChI=1S/C15H15F3N2O5S2/c16-15(17,18)25-12-2-1-3-14(10-12)27(23,24)20-9-8-11-4-6-13(7-5-11)26(19,21)22/h1-7,10,20H,8-9H2,(H2,19,21,22). The van der Waals surface area contributed by atoms with E-state index in [9.17, 15) is 30.0 Å². The van der Waals surface area contributed by atoms with Gasteiger partial charge in [-0.2, -0.15) is 0 Å². The number of halogens is 3. The molecule has 0 atom stereocenters. The molecular formula is C15H15F3N2O5S2. The van der Waals surface area contributed by atoms with Crippen molar-refractivity contribution in [2.45, 2.75) is 22.6 Å². The maximum Gasteiger partial charge on any atom is 0.573 e. The predicted molar refractivity (Wildman–Crippen MR) is 89.8 cm³/mol. The minimum atomic E-state index is -4.93. The van der Waals surface area contributed by atoms with Crippen LogP contribution in [0.15, 0.2) is 58.3 Å². The summed E-state index contributed by atoms with van der Waals surface area (Å²) in [6, 6.07) is 9.54. The number of nitrogens with one attached hydrogen (secondary N) is 1. The topological polar surface area (TPSA) is 116 Å². The Kier molecular flexibility index (Phi) is 6.14. The molecule has 0 aliphatic heterocycles. The van der Waals surface area contributed by atoms with E-state index >= 15 is 0 Å². The average molecular weight is 424 g/mol. The van der Waals surface area contributed by atoms with Crippen molar-refractivity contribution < 1.29 is 34.7 Å². The molecule has 7 nitrogen and oxygen atoms in total. The van der Waals surface area contributed by atoms with Crippen LogP contribution in [-0.4, -0.2) is 29.7 Å². The zero-order valence-corrected chi connectivity index (χ0v) is 15.2. The molecule has 0 fully saturated rings. The molecule has 0 aliphatic rings. The van der Waals surface area contributed by atoms with Crippen molar-refractivity contribution in [1.82, 2.24) is 4.72 Å². The van der Waals surface area contributed by atoms with Gasteiger partial charge >= 0.3 is 6.36 Å². The summed E-state index contributed by atoms with van der Waals surface area (Å²) < 4.78 is 89.3. The Morgan fingerprint density at radius 3 is 2.15 bits per heavy atom. The lowest BCUT2D eigenvalue weighted by atomic mass is 10.2. The van der Waals surface area contributed by atoms with E-state index in [1.807, 2.05) is 0 Å². The normalized spacial score (nSPS) is 12.7. The quantitative estimate of drug-likeness (QED) is 0.703. The maximum absolute atomic E-state index is 12.2. The zero-order valence-electron chi connectivity index (χ0n) is 13.6. The highest BCUT2D eigenvalue weighted by atomic mass is 32.2. The van der Waals surface area contributed by atoms with Crippen molar-refractivity contribution in [2.75, 3.05) is 6.54 Å². The van der Waals surface area contributed by atoms with Crippen LogP contribution in [0, 0.1) is 0 Å². The summed E-state index contributed by atoms with van der Waals surface area (Å²) in [5.74, 6) is -0.649. The Bertz CT molecular complexity index is 1000. The van der Waals surface area contributed by atoms with Crippen molar-refractivity contribution in [2.24, 2.45) is 5.14 Å². The first-order valence-electron chi connectivity index (χ1n) is 7.34. The van der Waals surface area contributed by atoms with Crippen LogP contribution in [0.3, 0.4) is 0 Å². The fraction of sp³-hybridized carbons (Fsp3) is 0.200. The van der Waals surface area contributed by atoms with E-state index in [2.05, 4.69) is 9.46 Å². The van der Waals surface area contributed by atoms with Crippen LogP contribution in [0.4, 0.5) is 13.2 Å². The lowest BCUT2D eigenvalue weighted by Crippen LogP contribution is -2.26. The van der Waals surface area contributed by atoms with E-state index in [0.717, 1.165) is 24.3 Å². The highest BCUT2D eigenvalue weighted by Gasteiger charge is 2.31. The molecule has 27 heavy (non-hydrogen) atoms. The van der Waals surface area contributed by atoms with Crippen molar-refractivity contribution in [3.05, 3.63) is 54.1 Å². The summed E-state index contributed by atoms with van der Waals surface area (Å²) in [7, 11) is -7.87. The fourth-order valence-electron chi connectivity index (χ4n) is 2.10. The first kappa shape index (κ1) is 21.2. The summed E-state index contributed by atoms with van der Waals surface area (Å²) in [6.07, 6.45) is -4.71. The van der Waals surface area contributed by atoms with Gasteiger partial charge < -0.3 is 4.74 Å². The molecule has 0 bridgehead atoms. The number of rotatable bonds is 7. The van der Waals surface area contributed by atoms with E-state index in [4.69, 9.17) is 5.14 Å². The van der Waals surface area contributed by atoms with Crippen LogP contribution >= 0.6 is 0 Å². The molecule has 2 rings (SSSR count). The van der Waals surface area contributed by atoms with Crippen LogP contribution in [-0.2, 0) is 26.5 Å². The number of alkyl halides is 3. The monoisotopic (exact) mass is 424 g/mol. The van der Waals surface area contributed by atoms with Gasteiger partial charge in [-0.05, 0) is 36.2 Å². The van der Waals surface area contributed by atoms with Gasteiger partial charge in [-0.15, -0.1) is 13.2 Å². The maximum atomic E-state index is 12.2. The molecule has 3 N–H and O–H groups in total. The summed E-state index contributed by atoms with van der Waals surface area (Å²) in [6.45, 7) is -0.0542. The number of nitrogens with two attached hydrogens (primary N) is 1. The van der Waals surface area contributed by atoms with Gasteiger partial charge in [-0.1, -0.05) is 18.2 Å². The van der Waals surface area contributed by atoms with Gasteiger partial charge in [0.2, 0.25) is 20.0 Å². The summed E-state index contributed by atoms with van der Waals surface area (Å²) in [5, 5.41) is 4.98. The van der Waals surface area contributed by atoms with Crippen molar-refractivity contribution in [3.63, 3.8) is 0 Å². The number of benzene rings is 2. The molecule has 0 aliphatic carbocycles. The van der Waals surface area contributed by atoms with Gasteiger partial charge in [0.15, 0.2) is 0 Å². The zero-order chi connectivity index (χ0) is 20.3. The summed E-state index contributed by atoms with van der Waals surface area (Å²) in [4.78, 5) is -0.456. The van der Waals surface area contributed by atoms with E-state index < -0.39 is 32.2 Å². The number of hydrogen-bond acceptors (Lipinski definition) is 5. The van der Waals surface area contributed by atoms with Crippen molar-refractivity contribution >= 4 is 20.0 Å². The summed E-state index contributed by atoms with van der Waals surface area (Å²) >= 11 is 0. The molecule has 2 aromatic carbocycles. The molecule has 2 aromatic rings. The Labute approximate surface area is 154 Å². The first-order valence-corrected chi connectivity index (χ1v) is 10.4. The van der Waals surface area contributed by atoms with Gasteiger partial charge in [-0.25, -0.2) is 26.7 Å². The Morgan fingerprint density at radius 1 is 0.963 bits per heavy atom. The minimum absolute atomic E-state index is 0.0542. The van der Waals surface area contributed by atoms with Crippen molar-refractivity contribution in [1.29, 1.82) is 0 Å². The Hall–Kier alpha value is -2.15. The molecule has 0 aromatic heterocycles. The highest BCUT2D eigenvalue weighted by molar-refractivity contribution is 7.89. The summed E-state index contributed by atoms with van der Waals surface area (Å²) in [5.41, 5.74) is 0.638. The molecule has 0 saturated carbocycles. The van der Waals surface area contributed by atoms with Crippen molar-refractivity contribution in [3.8, 4) is 5.75 Å². The van der Waals surface area contributed by atoms with Gasteiger partial charge in [-0.3, -0.25) is 0 Å². The molecule has 0 spiro atoms. The van der Waals surface area contributed by atoms with E-state index in [1.165, 1.54) is 24.3 Å². The molecule has 0 unspecified atom stereocenters. The smallest absolute Gasteiger partial charge is 0.406 e. The molecular weight excluding hydrogens is 409 g/mol. The molecule has 0 heterocycles. The SMILES string of the molecule is NS(=O)(=O)c1ccc(CCNS(=O)(=O)c2cccc(OC(F)(F)F)c2)cc1. The lowest BCUT2D eigenvalue weighted by Gasteiger charge is -2.11. The third-order valence-corrected chi connectivity index (χ3v) is 5.69. The van der Waals surface area contributed by atoms with Gasteiger partial charge in [0.1, 0.15) is 5.75 Å². The number of sulfonamides is 2. The second-order valence-electron chi connectivity index (χ2n) is 5.36. The van der Waals surface area contributed by atoms with Crippen LogP contribution in [0.1, 0.15) is 5.56 Å². The van der Waals surface area contributed by atoms with Crippen LogP contribution in [0.5, 0.6) is 5.75 Å². The molecule has 12 heteroatoms. The van der Waals surface area contributed by atoms with Gasteiger partial charge in [0.25, 0.3) is 0 Å². The Balaban J connectivity index is 2.02. The van der Waals surface area contributed by atoms with Crippen LogP contribution < -0.4 is 14.6 Å². The highest BCUT2D eigenvalue weighted by Crippen LogP contribution is 2.24. The average Bonchev–Trinajstić information content (AvgIpc) is 2.53. The van der Waals surface area contributed by atoms with E-state index in [0.29, 0.717) is 5.56 Å². The van der Waals surface area contributed by atoms with Crippen LogP contribution in [0.25, 0.3) is 0 Å². The van der Waals surface area contributed by atoms with Gasteiger partial charge in [0, 0.05) is 12.6 Å². The lowest BCUT2D eigenvalue weighted by molar-refractivity contribution is -0.274. The molecule has 148 valence electrons. The minimum Gasteiger partial charge on any atom is -0.406 e. The number of primary sulfonamides is 1. The Morgan fingerprint density at radius 2 is 1.59 bits per heavy atom. The fourth-order valence-corrected chi connectivity index (χ4v) is 3.68. The number of hydrogen-bond donors (Lipinski definition) is 2. The number of ether oxygens (including phenoxy) is 1. The van der Waals surface area contributed by atoms with Gasteiger partial charge in [0.05, 0.1) is 9.79 Å².